The number of halogens is 1. The molecular formula is C21H21ClN4O2. The van der Waals surface area contributed by atoms with Gasteiger partial charge in [0, 0.05) is 17.6 Å². The Kier molecular flexibility index (Phi) is 6.11. The number of hydrogen-bond donors (Lipinski definition) is 2. The highest BCUT2D eigenvalue weighted by molar-refractivity contribution is 6.31. The summed E-state index contributed by atoms with van der Waals surface area (Å²) in [6, 6.07) is 14.7. The van der Waals surface area contributed by atoms with E-state index in [4.69, 9.17) is 16.3 Å². The molecule has 0 spiro atoms. The van der Waals surface area contributed by atoms with Crippen molar-refractivity contribution in [1.82, 2.24) is 9.97 Å². The molecule has 0 radical (unpaired) electrons. The molecule has 3 rings (SSSR count). The summed E-state index contributed by atoms with van der Waals surface area (Å²) in [6.07, 6.45) is 0. The minimum absolute atomic E-state index is 0.252. The minimum Gasteiger partial charge on any atom is -0.495 e. The lowest BCUT2D eigenvalue weighted by molar-refractivity contribution is 0.102. The molecule has 3 aromatic rings. The zero-order valence-corrected chi connectivity index (χ0v) is 16.7. The van der Waals surface area contributed by atoms with Crippen molar-refractivity contribution in [3.63, 3.8) is 0 Å². The number of benzene rings is 2. The smallest absolute Gasteiger partial charge is 0.274 e. The molecule has 0 saturated carbocycles. The molecule has 7 heteroatoms. The van der Waals surface area contributed by atoms with Gasteiger partial charge in [-0.3, -0.25) is 4.79 Å². The van der Waals surface area contributed by atoms with E-state index in [1.54, 1.807) is 31.2 Å². The first-order valence-corrected chi connectivity index (χ1v) is 9.13. The molecule has 28 heavy (non-hydrogen) atoms. The summed E-state index contributed by atoms with van der Waals surface area (Å²) in [6.45, 7) is 4.40. The third-order valence-corrected chi connectivity index (χ3v) is 4.44. The van der Waals surface area contributed by atoms with Crippen LogP contribution in [0.5, 0.6) is 5.75 Å². The van der Waals surface area contributed by atoms with Gasteiger partial charge in [-0.05, 0) is 43.2 Å². The van der Waals surface area contributed by atoms with Crippen molar-refractivity contribution < 1.29 is 9.53 Å². The number of nitrogens with zero attached hydrogens (tertiary/aromatic N) is 2. The van der Waals surface area contributed by atoms with E-state index < -0.39 is 0 Å². The molecule has 0 bridgehead atoms. The van der Waals surface area contributed by atoms with Crippen molar-refractivity contribution in [1.29, 1.82) is 0 Å². The molecule has 0 aliphatic rings. The van der Waals surface area contributed by atoms with Crippen molar-refractivity contribution in [2.75, 3.05) is 17.7 Å². The number of carbonyl (C=O) groups excluding carboxylic acids is 1. The van der Waals surface area contributed by atoms with E-state index in [-0.39, 0.29) is 11.6 Å². The lowest BCUT2D eigenvalue weighted by atomic mass is 10.1. The van der Waals surface area contributed by atoms with E-state index in [1.165, 1.54) is 12.7 Å². The van der Waals surface area contributed by atoms with Crippen LogP contribution in [-0.2, 0) is 6.54 Å². The van der Waals surface area contributed by atoms with Crippen LogP contribution in [0.15, 0.2) is 48.5 Å². The van der Waals surface area contributed by atoms with E-state index in [1.807, 2.05) is 12.1 Å². The summed E-state index contributed by atoms with van der Waals surface area (Å²) < 4.78 is 5.26. The van der Waals surface area contributed by atoms with Crippen LogP contribution in [0.25, 0.3) is 0 Å². The number of carbonyl (C=O) groups is 1. The van der Waals surface area contributed by atoms with Crippen molar-refractivity contribution in [3.05, 3.63) is 76.2 Å². The number of nitrogens with one attached hydrogen (secondary N) is 2. The lowest BCUT2D eigenvalue weighted by Gasteiger charge is -2.12. The number of anilines is 2. The largest absolute Gasteiger partial charge is 0.495 e. The van der Waals surface area contributed by atoms with Crippen LogP contribution in [-0.4, -0.2) is 23.0 Å². The number of ether oxygens (including phenoxy) is 1. The summed E-state index contributed by atoms with van der Waals surface area (Å²) in [4.78, 5) is 21.3. The van der Waals surface area contributed by atoms with Crippen LogP contribution in [0.1, 0.15) is 27.4 Å². The quantitative estimate of drug-likeness (QED) is 0.635. The lowest BCUT2D eigenvalue weighted by Crippen LogP contribution is -2.16. The fraction of sp³-hybridized carbons (Fsp3) is 0.190. The summed E-state index contributed by atoms with van der Waals surface area (Å²) >= 11 is 6.02. The van der Waals surface area contributed by atoms with Gasteiger partial charge in [0.25, 0.3) is 5.91 Å². The van der Waals surface area contributed by atoms with Gasteiger partial charge in [-0.2, -0.15) is 0 Å². The van der Waals surface area contributed by atoms with Gasteiger partial charge < -0.3 is 15.4 Å². The van der Waals surface area contributed by atoms with E-state index in [0.29, 0.717) is 34.6 Å². The Morgan fingerprint density at radius 3 is 2.64 bits per heavy atom. The second kappa shape index (κ2) is 8.71. The maximum absolute atomic E-state index is 12.7. The van der Waals surface area contributed by atoms with Gasteiger partial charge in [0.15, 0.2) is 0 Å². The van der Waals surface area contributed by atoms with Gasteiger partial charge in [0.1, 0.15) is 23.1 Å². The fourth-order valence-electron chi connectivity index (χ4n) is 2.73. The minimum atomic E-state index is -0.370. The summed E-state index contributed by atoms with van der Waals surface area (Å²) in [5, 5.41) is 6.54. The van der Waals surface area contributed by atoms with Crippen molar-refractivity contribution >= 4 is 29.0 Å². The molecule has 0 unspecified atom stereocenters. The summed E-state index contributed by atoms with van der Waals surface area (Å²) in [5.41, 5.74) is 3.08. The van der Waals surface area contributed by atoms with Gasteiger partial charge in [0.05, 0.1) is 12.8 Å². The standard InChI is InChI=1S/C21H21ClN4O2/c1-13-6-4-5-7-15(13)12-23-20-11-18(24-14(2)25-20)21(27)26-17-10-16(22)8-9-19(17)28-3/h4-11H,12H2,1-3H3,(H,26,27)(H,23,24,25). The number of amides is 1. The van der Waals surface area contributed by atoms with E-state index >= 15 is 0 Å². The third-order valence-electron chi connectivity index (χ3n) is 4.20. The van der Waals surface area contributed by atoms with E-state index in [2.05, 4.69) is 39.7 Å². The first-order chi connectivity index (χ1) is 13.5. The third kappa shape index (κ3) is 4.78. The highest BCUT2D eigenvalue weighted by atomic mass is 35.5. The topological polar surface area (TPSA) is 76.1 Å². The molecule has 0 fully saturated rings. The predicted octanol–water partition coefficient (Wildman–Crippen LogP) is 4.62. The number of methoxy groups -OCH3 is 1. The Morgan fingerprint density at radius 2 is 1.89 bits per heavy atom. The molecule has 0 aliphatic heterocycles. The van der Waals surface area contributed by atoms with Gasteiger partial charge in [-0.1, -0.05) is 35.9 Å². The second-order valence-corrected chi connectivity index (χ2v) is 6.70. The molecule has 2 N–H and O–H groups in total. The zero-order valence-electron chi connectivity index (χ0n) is 15.9. The SMILES string of the molecule is COc1ccc(Cl)cc1NC(=O)c1cc(NCc2ccccc2C)nc(C)n1. The molecule has 6 nitrogen and oxygen atoms in total. The van der Waals surface area contributed by atoms with Crippen LogP contribution in [0.4, 0.5) is 11.5 Å². The molecule has 144 valence electrons. The Hall–Kier alpha value is -3.12. The Balaban J connectivity index is 1.78. The monoisotopic (exact) mass is 396 g/mol. The van der Waals surface area contributed by atoms with Gasteiger partial charge in [-0.25, -0.2) is 9.97 Å². The van der Waals surface area contributed by atoms with E-state index in [9.17, 15) is 4.79 Å². The Labute approximate surface area is 168 Å². The van der Waals surface area contributed by atoms with Crippen molar-refractivity contribution in [2.45, 2.75) is 20.4 Å². The molecule has 0 aliphatic carbocycles. The molecule has 1 amide bonds. The Bertz CT molecular complexity index is 1010. The van der Waals surface area contributed by atoms with Crippen LogP contribution in [0.2, 0.25) is 5.02 Å². The van der Waals surface area contributed by atoms with Crippen LogP contribution in [0, 0.1) is 13.8 Å². The average Bonchev–Trinajstić information content (AvgIpc) is 2.67. The van der Waals surface area contributed by atoms with Crippen molar-refractivity contribution in [3.8, 4) is 5.75 Å². The molecule has 2 aromatic carbocycles. The van der Waals surface area contributed by atoms with Crippen LogP contribution < -0.4 is 15.4 Å². The molecule has 0 atom stereocenters. The number of aryl methyl sites for hydroxylation is 2. The normalized spacial score (nSPS) is 10.4. The van der Waals surface area contributed by atoms with Gasteiger partial charge in [0.2, 0.25) is 0 Å². The summed E-state index contributed by atoms with van der Waals surface area (Å²) in [7, 11) is 1.53. The highest BCUT2D eigenvalue weighted by Crippen LogP contribution is 2.28. The van der Waals surface area contributed by atoms with Crippen LogP contribution in [0.3, 0.4) is 0 Å². The second-order valence-electron chi connectivity index (χ2n) is 6.26. The maximum Gasteiger partial charge on any atom is 0.274 e. The number of aromatic nitrogens is 2. The first-order valence-electron chi connectivity index (χ1n) is 8.75. The fourth-order valence-corrected chi connectivity index (χ4v) is 2.91. The summed E-state index contributed by atoms with van der Waals surface area (Å²) in [5.74, 6) is 1.23. The number of rotatable bonds is 6. The zero-order chi connectivity index (χ0) is 20.1. The van der Waals surface area contributed by atoms with Crippen molar-refractivity contribution in [2.24, 2.45) is 0 Å². The molecule has 1 heterocycles. The Morgan fingerprint density at radius 1 is 1.11 bits per heavy atom. The molecule has 0 saturated heterocycles. The van der Waals surface area contributed by atoms with Gasteiger partial charge in [-0.15, -0.1) is 0 Å². The molecular weight excluding hydrogens is 376 g/mol. The molecule has 1 aromatic heterocycles. The van der Waals surface area contributed by atoms with Gasteiger partial charge >= 0.3 is 0 Å². The average molecular weight is 397 g/mol. The van der Waals surface area contributed by atoms with E-state index in [0.717, 1.165) is 5.56 Å². The highest BCUT2D eigenvalue weighted by Gasteiger charge is 2.14. The predicted molar refractivity (Wildman–Crippen MR) is 111 cm³/mol. The number of hydrogen-bond acceptors (Lipinski definition) is 5. The van der Waals surface area contributed by atoms with Crippen LogP contribution >= 0.6 is 11.6 Å². The maximum atomic E-state index is 12.7. The first kappa shape index (κ1) is 19.6.